The summed E-state index contributed by atoms with van der Waals surface area (Å²) < 4.78 is 0. The highest BCUT2D eigenvalue weighted by Crippen LogP contribution is 2.38. The summed E-state index contributed by atoms with van der Waals surface area (Å²) in [5.74, 6) is 0.258. The normalized spacial score (nSPS) is 15.8. The molecule has 1 aliphatic rings. The average Bonchev–Trinajstić information content (AvgIpc) is 3.04. The Bertz CT molecular complexity index is 944. The highest BCUT2D eigenvalue weighted by molar-refractivity contribution is 5.96. The summed E-state index contributed by atoms with van der Waals surface area (Å²) >= 11 is 0. The van der Waals surface area contributed by atoms with E-state index in [2.05, 4.69) is 39.6 Å². The molecule has 0 fully saturated rings. The lowest BCUT2D eigenvalue weighted by Crippen LogP contribution is -2.17. The molecular formula is C20H19N3O. The van der Waals surface area contributed by atoms with Gasteiger partial charge >= 0.3 is 0 Å². The summed E-state index contributed by atoms with van der Waals surface area (Å²) in [6.45, 7) is 1.78. The van der Waals surface area contributed by atoms with Crippen molar-refractivity contribution in [3.05, 3.63) is 76.2 Å². The standard InChI is InChI=1S/C20H19N3O/c24-20-17-6-7-18-19(16(17)9-11-22-20)15(13-23-18)8-10-21-12-14-4-2-1-3-5-14/h1-7,9,11,13,15,21H,8,10,12H2,(H,22,24). The molecule has 4 heteroatoms. The third kappa shape index (κ3) is 2.76. The molecule has 2 N–H and O–H groups in total. The predicted octanol–water partition coefficient (Wildman–Crippen LogP) is 3.51. The van der Waals surface area contributed by atoms with Gasteiger partial charge < -0.3 is 10.3 Å². The van der Waals surface area contributed by atoms with E-state index in [4.69, 9.17) is 0 Å². The van der Waals surface area contributed by atoms with Crippen molar-refractivity contribution >= 4 is 22.7 Å². The van der Waals surface area contributed by atoms with Gasteiger partial charge in [-0.3, -0.25) is 9.79 Å². The molecule has 1 atom stereocenters. The zero-order valence-electron chi connectivity index (χ0n) is 13.3. The molecule has 0 aliphatic carbocycles. The Hall–Kier alpha value is -2.72. The van der Waals surface area contributed by atoms with Crippen LogP contribution in [0.25, 0.3) is 10.8 Å². The fourth-order valence-corrected chi connectivity index (χ4v) is 3.33. The fraction of sp³-hybridized carbons (Fsp3) is 0.200. The number of pyridine rings is 1. The molecule has 1 aliphatic heterocycles. The molecule has 4 rings (SSSR count). The lowest BCUT2D eigenvalue weighted by Gasteiger charge is -2.13. The molecule has 0 saturated heterocycles. The number of hydrogen-bond donors (Lipinski definition) is 2. The second-order valence-corrected chi connectivity index (χ2v) is 6.10. The van der Waals surface area contributed by atoms with Crippen molar-refractivity contribution in [2.24, 2.45) is 4.99 Å². The molecule has 2 aromatic carbocycles. The van der Waals surface area contributed by atoms with Crippen molar-refractivity contribution in [2.45, 2.75) is 18.9 Å². The van der Waals surface area contributed by atoms with Gasteiger partial charge in [0.05, 0.1) is 5.69 Å². The van der Waals surface area contributed by atoms with E-state index >= 15 is 0 Å². The zero-order valence-corrected chi connectivity index (χ0v) is 13.3. The fourth-order valence-electron chi connectivity index (χ4n) is 3.33. The van der Waals surface area contributed by atoms with Gasteiger partial charge in [-0.1, -0.05) is 30.3 Å². The molecule has 0 amide bonds. The first-order valence-corrected chi connectivity index (χ1v) is 8.26. The van der Waals surface area contributed by atoms with Gasteiger partial charge in [-0.2, -0.15) is 0 Å². The highest BCUT2D eigenvalue weighted by Gasteiger charge is 2.21. The minimum absolute atomic E-state index is 0.0387. The second kappa shape index (κ2) is 6.42. The Kier molecular flexibility index (Phi) is 3.97. The number of nitrogens with zero attached hydrogens (tertiary/aromatic N) is 1. The summed E-state index contributed by atoms with van der Waals surface area (Å²) in [4.78, 5) is 19.3. The summed E-state index contributed by atoms with van der Waals surface area (Å²) in [6.07, 6.45) is 4.69. The van der Waals surface area contributed by atoms with Gasteiger partial charge in [-0.05, 0) is 47.7 Å². The van der Waals surface area contributed by atoms with Crippen LogP contribution in [0.15, 0.2) is 64.5 Å². The van der Waals surface area contributed by atoms with Gasteiger partial charge in [0.25, 0.3) is 5.56 Å². The molecule has 120 valence electrons. The maximum Gasteiger partial charge on any atom is 0.255 e. The molecule has 3 aromatic rings. The lowest BCUT2D eigenvalue weighted by atomic mass is 9.93. The molecule has 1 unspecified atom stereocenters. The van der Waals surface area contributed by atoms with Crippen LogP contribution in [0.4, 0.5) is 5.69 Å². The third-order valence-corrected chi connectivity index (χ3v) is 4.54. The first kappa shape index (κ1) is 14.8. The number of benzene rings is 2. The molecule has 4 nitrogen and oxygen atoms in total. The summed E-state index contributed by atoms with van der Waals surface area (Å²) in [6, 6.07) is 16.2. The van der Waals surface area contributed by atoms with Gasteiger partial charge in [0.1, 0.15) is 0 Å². The van der Waals surface area contributed by atoms with E-state index in [1.54, 1.807) is 6.20 Å². The van der Waals surface area contributed by atoms with Gasteiger partial charge in [-0.25, -0.2) is 0 Å². The number of aromatic amines is 1. The van der Waals surface area contributed by atoms with Crippen LogP contribution in [0, 0.1) is 0 Å². The first-order valence-electron chi connectivity index (χ1n) is 8.26. The van der Waals surface area contributed by atoms with E-state index in [-0.39, 0.29) is 11.5 Å². The first-order chi connectivity index (χ1) is 11.8. The summed E-state index contributed by atoms with van der Waals surface area (Å²) in [5, 5.41) is 5.24. The zero-order chi connectivity index (χ0) is 16.4. The minimum Gasteiger partial charge on any atom is -0.329 e. The van der Waals surface area contributed by atoms with Crippen molar-refractivity contribution < 1.29 is 0 Å². The van der Waals surface area contributed by atoms with E-state index in [1.165, 1.54) is 11.1 Å². The van der Waals surface area contributed by atoms with Gasteiger partial charge in [-0.15, -0.1) is 0 Å². The van der Waals surface area contributed by atoms with Crippen molar-refractivity contribution in [1.29, 1.82) is 0 Å². The van der Waals surface area contributed by atoms with E-state index in [0.29, 0.717) is 0 Å². The van der Waals surface area contributed by atoms with Crippen LogP contribution in [0.3, 0.4) is 0 Å². The van der Waals surface area contributed by atoms with Crippen LogP contribution in [-0.2, 0) is 6.54 Å². The predicted molar refractivity (Wildman–Crippen MR) is 98.2 cm³/mol. The van der Waals surface area contributed by atoms with Crippen LogP contribution in [0.1, 0.15) is 23.5 Å². The van der Waals surface area contributed by atoms with Gasteiger partial charge in [0.15, 0.2) is 0 Å². The van der Waals surface area contributed by atoms with E-state index in [9.17, 15) is 4.79 Å². The molecule has 0 spiro atoms. The Morgan fingerprint density at radius 2 is 1.92 bits per heavy atom. The average molecular weight is 317 g/mol. The Balaban J connectivity index is 1.48. The van der Waals surface area contributed by atoms with Crippen molar-refractivity contribution in [2.75, 3.05) is 6.54 Å². The molecule has 2 heterocycles. The quantitative estimate of drug-likeness (QED) is 0.708. The maximum absolute atomic E-state index is 12.0. The van der Waals surface area contributed by atoms with Crippen LogP contribution in [0.2, 0.25) is 0 Å². The largest absolute Gasteiger partial charge is 0.329 e. The SMILES string of the molecule is O=c1[nH]ccc2c3c(ccc12)N=CC3CCNCc1ccccc1. The lowest BCUT2D eigenvalue weighted by molar-refractivity contribution is 0.639. The van der Waals surface area contributed by atoms with Crippen LogP contribution in [-0.4, -0.2) is 17.7 Å². The monoisotopic (exact) mass is 317 g/mol. The van der Waals surface area contributed by atoms with Crippen LogP contribution >= 0.6 is 0 Å². The smallest absolute Gasteiger partial charge is 0.255 e. The van der Waals surface area contributed by atoms with E-state index in [0.717, 1.165) is 36.0 Å². The van der Waals surface area contributed by atoms with Gasteiger partial charge in [0.2, 0.25) is 0 Å². The molecule has 0 saturated carbocycles. The van der Waals surface area contributed by atoms with Crippen LogP contribution in [0.5, 0.6) is 0 Å². The van der Waals surface area contributed by atoms with Crippen molar-refractivity contribution in [3.63, 3.8) is 0 Å². The maximum atomic E-state index is 12.0. The van der Waals surface area contributed by atoms with Crippen molar-refractivity contribution in [1.82, 2.24) is 10.3 Å². The highest BCUT2D eigenvalue weighted by atomic mass is 16.1. The molecule has 1 aromatic heterocycles. The number of H-pyrrole nitrogens is 1. The number of nitrogens with one attached hydrogen (secondary N) is 2. The third-order valence-electron chi connectivity index (χ3n) is 4.54. The van der Waals surface area contributed by atoms with Crippen molar-refractivity contribution in [3.8, 4) is 0 Å². The number of fused-ring (bicyclic) bond motifs is 3. The van der Waals surface area contributed by atoms with E-state index in [1.807, 2.05) is 30.5 Å². The summed E-state index contributed by atoms with van der Waals surface area (Å²) in [7, 11) is 0. The Morgan fingerprint density at radius 1 is 1.04 bits per heavy atom. The number of aliphatic imine (C=N–C) groups is 1. The number of hydrogen-bond acceptors (Lipinski definition) is 3. The minimum atomic E-state index is -0.0387. The molecule has 0 bridgehead atoms. The number of aromatic nitrogens is 1. The second-order valence-electron chi connectivity index (χ2n) is 6.10. The number of rotatable bonds is 5. The van der Waals surface area contributed by atoms with Crippen LogP contribution < -0.4 is 10.9 Å². The molecule has 0 radical (unpaired) electrons. The van der Waals surface area contributed by atoms with Gasteiger partial charge in [0, 0.05) is 30.3 Å². The Morgan fingerprint density at radius 3 is 2.79 bits per heavy atom. The molecule has 24 heavy (non-hydrogen) atoms. The summed E-state index contributed by atoms with van der Waals surface area (Å²) in [5.41, 5.74) is 3.42. The Labute approximate surface area is 140 Å². The molecular weight excluding hydrogens is 298 g/mol. The van der Waals surface area contributed by atoms with E-state index < -0.39 is 0 Å². The topological polar surface area (TPSA) is 57.2 Å².